The second kappa shape index (κ2) is 4.12. The van der Waals surface area contributed by atoms with E-state index in [2.05, 4.69) is 31.0 Å². The molecule has 4 heteroatoms. The zero-order chi connectivity index (χ0) is 15.7. The Hall–Kier alpha value is -1.84. The monoisotopic (exact) mass is 300 g/mol. The van der Waals surface area contributed by atoms with E-state index in [0.717, 1.165) is 24.1 Å². The van der Waals surface area contributed by atoms with Crippen molar-refractivity contribution in [2.75, 3.05) is 0 Å². The summed E-state index contributed by atoms with van der Waals surface area (Å²) in [5, 5.41) is 8.53. The van der Waals surface area contributed by atoms with Crippen molar-refractivity contribution < 1.29 is 8.78 Å². The molecule has 22 heavy (non-hydrogen) atoms. The van der Waals surface area contributed by atoms with Crippen molar-refractivity contribution in [2.24, 2.45) is 5.41 Å². The van der Waals surface area contributed by atoms with Crippen LogP contribution in [0.15, 0.2) is 24.3 Å². The lowest BCUT2D eigenvalue weighted by molar-refractivity contribution is 0.226. The van der Waals surface area contributed by atoms with Crippen LogP contribution in [0.1, 0.15) is 50.8 Å². The Labute approximate surface area is 128 Å². The van der Waals surface area contributed by atoms with Crippen LogP contribution in [0, 0.1) is 17.0 Å². The fourth-order valence-electron chi connectivity index (χ4n) is 4.43. The molecule has 4 rings (SSSR count). The standard InChI is InChI=1S/C18H18F2N2/c1-17(2)11-7-8-18(17,3)16-10(11)9-14(21-22-16)15-12(19)5-4-6-13(15)20/h4-6,9,11H,7-8H2,1-3H3/t11-,18+/m1/s1. The third kappa shape index (κ3) is 1.48. The van der Waals surface area contributed by atoms with Gasteiger partial charge in [-0.25, -0.2) is 8.78 Å². The van der Waals surface area contributed by atoms with E-state index in [1.54, 1.807) is 0 Å². The summed E-state index contributed by atoms with van der Waals surface area (Å²) in [4.78, 5) is 0. The summed E-state index contributed by atoms with van der Waals surface area (Å²) < 4.78 is 28.0. The number of hydrogen-bond acceptors (Lipinski definition) is 2. The highest BCUT2D eigenvalue weighted by Gasteiger charge is 2.60. The van der Waals surface area contributed by atoms with Gasteiger partial charge in [0.15, 0.2) is 0 Å². The SMILES string of the molecule is CC1(C)[C@@H]2CC[C@@]1(C)c1nnc(-c3c(F)cccc3F)cc12. The largest absolute Gasteiger partial charge is 0.206 e. The first-order chi connectivity index (χ1) is 10.4. The minimum Gasteiger partial charge on any atom is -0.206 e. The highest BCUT2D eigenvalue weighted by Crippen LogP contribution is 2.67. The van der Waals surface area contributed by atoms with Crippen molar-refractivity contribution in [3.05, 3.63) is 47.2 Å². The topological polar surface area (TPSA) is 25.8 Å². The summed E-state index contributed by atoms with van der Waals surface area (Å²) >= 11 is 0. The van der Waals surface area contributed by atoms with Gasteiger partial charge in [-0.05, 0) is 47.9 Å². The predicted molar refractivity (Wildman–Crippen MR) is 80.5 cm³/mol. The maximum Gasteiger partial charge on any atom is 0.135 e. The van der Waals surface area contributed by atoms with Crippen LogP contribution in [-0.4, -0.2) is 10.2 Å². The molecule has 2 aliphatic carbocycles. The molecule has 0 amide bonds. The zero-order valence-corrected chi connectivity index (χ0v) is 13.0. The van der Waals surface area contributed by atoms with E-state index in [4.69, 9.17) is 0 Å². The number of aromatic nitrogens is 2. The van der Waals surface area contributed by atoms with Crippen LogP contribution < -0.4 is 0 Å². The molecule has 0 saturated heterocycles. The molecule has 0 unspecified atom stereocenters. The zero-order valence-electron chi connectivity index (χ0n) is 13.0. The first kappa shape index (κ1) is 13.8. The molecule has 2 bridgehead atoms. The number of halogens is 2. The summed E-state index contributed by atoms with van der Waals surface area (Å²) in [5.41, 5.74) is 2.45. The Morgan fingerprint density at radius 2 is 1.77 bits per heavy atom. The Morgan fingerprint density at radius 3 is 2.45 bits per heavy atom. The highest BCUT2D eigenvalue weighted by atomic mass is 19.1. The number of nitrogens with zero attached hydrogens (tertiary/aromatic N) is 2. The molecule has 2 aliphatic rings. The van der Waals surface area contributed by atoms with Crippen molar-refractivity contribution in [2.45, 2.75) is 44.9 Å². The van der Waals surface area contributed by atoms with Crippen LogP contribution >= 0.6 is 0 Å². The molecule has 0 N–H and O–H groups in total. The van der Waals surface area contributed by atoms with Gasteiger partial charge in [0, 0.05) is 5.41 Å². The van der Waals surface area contributed by atoms with E-state index >= 15 is 0 Å². The lowest BCUT2D eigenvalue weighted by Crippen LogP contribution is -2.32. The van der Waals surface area contributed by atoms with Crippen LogP contribution in [0.25, 0.3) is 11.3 Å². The normalized spacial score (nSPS) is 28.0. The average molecular weight is 300 g/mol. The number of fused-ring (bicyclic) bond motifs is 5. The van der Waals surface area contributed by atoms with Gasteiger partial charge < -0.3 is 0 Å². The van der Waals surface area contributed by atoms with Crippen LogP contribution in [0.4, 0.5) is 8.78 Å². The summed E-state index contributed by atoms with van der Waals surface area (Å²) in [7, 11) is 0. The highest BCUT2D eigenvalue weighted by molar-refractivity contribution is 5.63. The van der Waals surface area contributed by atoms with Crippen molar-refractivity contribution >= 4 is 0 Å². The molecule has 1 aromatic heterocycles. The molecule has 0 spiro atoms. The van der Waals surface area contributed by atoms with Crippen LogP contribution in [-0.2, 0) is 5.41 Å². The van der Waals surface area contributed by atoms with Crippen molar-refractivity contribution in [1.82, 2.24) is 10.2 Å². The minimum atomic E-state index is -0.595. The third-order valence-corrected chi connectivity index (χ3v) is 6.17. The number of benzene rings is 1. The molecule has 2 aromatic rings. The lowest BCUT2D eigenvalue weighted by Gasteiger charge is -2.33. The van der Waals surface area contributed by atoms with Crippen LogP contribution in [0.2, 0.25) is 0 Å². The molecule has 1 heterocycles. The van der Waals surface area contributed by atoms with Gasteiger partial charge in [-0.2, -0.15) is 10.2 Å². The molecule has 1 aromatic carbocycles. The van der Waals surface area contributed by atoms with Gasteiger partial charge in [0.2, 0.25) is 0 Å². The summed E-state index contributed by atoms with van der Waals surface area (Å²) in [5.74, 6) is -0.803. The molecule has 1 fully saturated rings. The van der Waals surface area contributed by atoms with Crippen LogP contribution in [0.5, 0.6) is 0 Å². The Balaban J connectivity index is 1.92. The summed E-state index contributed by atoms with van der Waals surface area (Å²) in [6.45, 7) is 6.75. The second-order valence-corrected chi connectivity index (χ2v) is 7.28. The van der Waals surface area contributed by atoms with E-state index in [-0.39, 0.29) is 16.4 Å². The van der Waals surface area contributed by atoms with Crippen molar-refractivity contribution in [1.29, 1.82) is 0 Å². The van der Waals surface area contributed by atoms with Gasteiger partial charge >= 0.3 is 0 Å². The van der Waals surface area contributed by atoms with E-state index in [0.29, 0.717) is 11.6 Å². The Bertz CT molecular complexity index is 764. The number of hydrogen-bond donors (Lipinski definition) is 0. The third-order valence-electron chi connectivity index (χ3n) is 6.17. The molecular formula is C18H18F2N2. The maximum atomic E-state index is 14.0. The molecule has 1 saturated carbocycles. The molecule has 2 atom stereocenters. The van der Waals surface area contributed by atoms with Gasteiger partial charge in [0.1, 0.15) is 11.6 Å². The first-order valence-corrected chi connectivity index (χ1v) is 7.69. The molecule has 2 nitrogen and oxygen atoms in total. The second-order valence-electron chi connectivity index (χ2n) is 7.28. The molecule has 114 valence electrons. The lowest BCUT2D eigenvalue weighted by atomic mass is 9.70. The van der Waals surface area contributed by atoms with Crippen LogP contribution in [0.3, 0.4) is 0 Å². The first-order valence-electron chi connectivity index (χ1n) is 7.69. The van der Waals surface area contributed by atoms with Gasteiger partial charge in [0.05, 0.1) is 17.0 Å². The minimum absolute atomic E-state index is 0.00626. The van der Waals surface area contributed by atoms with E-state index in [1.165, 1.54) is 18.2 Å². The van der Waals surface area contributed by atoms with E-state index in [9.17, 15) is 8.78 Å². The smallest absolute Gasteiger partial charge is 0.135 e. The van der Waals surface area contributed by atoms with Gasteiger partial charge in [0.25, 0.3) is 0 Å². The van der Waals surface area contributed by atoms with E-state index < -0.39 is 11.6 Å². The molecule has 0 radical (unpaired) electrons. The quantitative estimate of drug-likeness (QED) is 0.769. The molecular weight excluding hydrogens is 282 g/mol. The fourth-order valence-corrected chi connectivity index (χ4v) is 4.43. The Morgan fingerprint density at radius 1 is 1.09 bits per heavy atom. The number of rotatable bonds is 1. The van der Waals surface area contributed by atoms with Crippen molar-refractivity contribution in [3.63, 3.8) is 0 Å². The van der Waals surface area contributed by atoms with Gasteiger partial charge in [-0.15, -0.1) is 0 Å². The van der Waals surface area contributed by atoms with Gasteiger partial charge in [-0.3, -0.25) is 0 Å². The fraction of sp³-hybridized carbons (Fsp3) is 0.444. The molecule has 0 aliphatic heterocycles. The maximum absolute atomic E-state index is 14.0. The average Bonchev–Trinajstić information content (AvgIpc) is 2.78. The summed E-state index contributed by atoms with van der Waals surface area (Å²) in [6.07, 6.45) is 2.20. The van der Waals surface area contributed by atoms with Gasteiger partial charge in [-0.1, -0.05) is 26.8 Å². The Kier molecular flexibility index (Phi) is 2.58. The predicted octanol–water partition coefficient (Wildman–Crippen LogP) is 4.60. The van der Waals surface area contributed by atoms with E-state index in [1.807, 2.05) is 6.07 Å². The summed E-state index contributed by atoms with van der Waals surface area (Å²) in [6, 6.07) is 5.72. The van der Waals surface area contributed by atoms with Crippen molar-refractivity contribution in [3.8, 4) is 11.3 Å².